The molecule has 0 saturated heterocycles. The van der Waals surface area contributed by atoms with E-state index in [9.17, 15) is 10.3 Å². The molecule has 4 rings (SSSR count). The standard InChI is InChI=1S/C15H14N4O4/c1-15(2)7-13(18-8-9(20)3-4-19(18)21)10-5-11-12(17-23-16-11)6-14(10)22-15/h3-8,20-21H,1-2H3/p-1. The Kier molecular flexibility index (Phi) is 2.67. The van der Waals surface area contributed by atoms with Crippen LogP contribution < -0.4 is 9.84 Å². The molecule has 0 unspecified atom stereocenters. The van der Waals surface area contributed by atoms with Crippen LogP contribution >= 0.6 is 0 Å². The van der Waals surface area contributed by atoms with E-state index in [0.717, 1.165) is 5.17 Å². The number of rotatable bonds is 1. The zero-order valence-corrected chi connectivity index (χ0v) is 12.4. The highest BCUT2D eigenvalue weighted by Crippen LogP contribution is 2.40. The van der Waals surface area contributed by atoms with E-state index in [1.54, 1.807) is 12.1 Å². The Morgan fingerprint density at radius 2 is 1.96 bits per heavy atom. The number of ether oxygens (including phenoxy) is 1. The predicted octanol–water partition coefficient (Wildman–Crippen LogP) is 1.37. The van der Waals surface area contributed by atoms with Crippen molar-refractivity contribution in [3.05, 3.63) is 48.0 Å². The molecule has 2 aromatic rings. The first-order valence-electron chi connectivity index (χ1n) is 6.96. The van der Waals surface area contributed by atoms with Gasteiger partial charge < -0.3 is 9.84 Å². The smallest absolute Gasteiger partial charge is 0.138 e. The molecule has 2 aliphatic heterocycles. The SMILES string of the molecule is CC1(C)C=C(N2C=C([O-])C=CN2O)c2cc3nonc3cc2O1. The van der Waals surface area contributed by atoms with Crippen LogP contribution in [0.3, 0.4) is 0 Å². The number of nitrogens with zero attached hydrogens (tertiary/aromatic N) is 4. The summed E-state index contributed by atoms with van der Waals surface area (Å²) in [6.07, 6.45) is 5.66. The minimum Gasteiger partial charge on any atom is -0.871 e. The Labute approximate surface area is 131 Å². The molecule has 1 aromatic heterocycles. The molecule has 8 heteroatoms. The van der Waals surface area contributed by atoms with Crippen molar-refractivity contribution >= 4 is 16.7 Å². The third-order valence-corrected chi connectivity index (χ3v) is 3.58. The maximum atomic E-state index is 11.7. The fourth-order valence-corrected chi connectivity index (χ4v) is 2.62. The Bertz CT molecular complexity index is 881. The maximum absolute atomic E-state index is 11.7. The van der Waals surface area contributed by atoms with Crippen molar-refractivity contribution in [1.29, 1.82) is 0 Å². The fraction of sp³-hybridized carbons (Fsp3) is 0.200. The van der Waals surface area contributed by atoms with Crippen LogP contribution in [0.4, 0.5) is 0 Å². The molecule has 3 heterocycles. The van der Waals surface area contributed by atoms with Crippen LogP contribution in [0.1, 0.15) is 19.4 Å². The van der Waals surface area contributed by atoms with Gasteiger partial charge in [0.25, 0.3) is 0 Å². The normalized spacial score (nSPS) is 19.3. The van der Waals surface area contributed by atoms with Crippen LogP contribution in [-0.2, 0) is 0 Å². The number of hydrogen-bond acceptors (Lipinski definition) is 8. The first-order chi connectivity index (χ1) is 10.9. The molecular formula is C15H13N4O4-. The van der Waals surface area contributed by atoms with E-state index in [0.29, 0.717) is 28.0 Å². The van der Waals surface area contributed by atoms with Crippen LogP contribution in [0.5, 0.6) is 5.75 Å². The third-order valence-electron chi connectivity index (χ3n) is 3.58. The average Bonchev–Trinajstić information content (AvgIpc) is 2.93. The van der Waals surface area contributed by atoms with Gasteiger partial charge >= 0.3 is 0 Å². The Morgan fingerprint density at radius 3 is 2.74 bits per heavy atom. The summed E-state index contributed by atoms with van der Waals surface area (Å²) in [6.45, 7) is 3.76. The van der Waals surface area contributed by atoms with Gasteiger partial charge in [0.05, 0.1) is 11.9 Å². The Balaban J connectivity index is 1.91. The lowest BCUT2D eigenvalue weighted by Crippen LogP contribution is -2.38. The number of hydrogen-bond donors (Lipinski definition) is 1. The van der Waals surface area contributed by atoms with Crippen LogP contribution in [-0.4, -0.2) is 31.3 Å². The summed E-state index contributed by atoms with van der Waals surface area (Å²) >= 11 is 0. The lowest BCUT2D eigenvalue weighted by atomic mass is 9.98. The summed E-state index contributed by atoms with van der Waals surface area (Å²) in [6, 6.07) is 3.46. The van der Waals surface area contributed by atoms with Crippen LogP contribution in [0.2, 0.25) is 0 Å². The van der Waals surface area contributed by atoms with Crippen molar-refractivity contribution in [3.8, 4) is 5.75 Å². The molecule has 2 aliphatic rings. The molecule has 0 aliphatic carbocycles. The molecule has 0 spiro atoms. The van der Waals surface area contributed by atoms with E-state index in [1.165, 1.54) is 23.5 Å². The van der Waals surface area contributed by atoms with Crippen molar-refractivity contribution in [2.45, 2.75) is 19.4 Å². The molecule has 0 bridgehead atoms. The van der Waals surface area contributed by atoms with Crippen LogP contribution in [0.15, 0.2) is 47.1 Å². The lowest BCUT2D eigenvalue weighted by Gasteiger charge is -2.39. The van der Waals surface area contributed by atoms with Gasteiger partial charge in [0, 0.05) is 17.8 Å². The van der Waals surface area contributed by atoms with Crippen LogP contribution in [0.25, 0.3) is 16.7 Å². The number of hydrazine groups is 1. The van der Waals surface area contributed by atoms with Gasteiger partial charge in [-0.25, -0.2) is 9.64 Å². The minimum atomic E-state index is -0.633. The Hall–Kier alpha value is -3.00. The average molecular weight is 313 g/mol. The number of aromatic nitrogens is 2. The highest BCUT2D eigenvalue weighted by molar-refractivity contribution is 5.84. The second-order valence-electron chi connectivity index (χ2n) is 5.85. The maximum Gasteiger partial charge on any atom is 0.138 e. The molecule has 23 heavy (non-hydrogen) atoms. The zero-order chi connectivity index (χ0) is 16.2. The second kappa shape index (κ2) is 4.50. The largest absolute Gasteiger partial charge is 0.871 e. The molecule has 1 N–H and O–H groups in total. The molecular weight excluding hydrogens is 300 g/mol. The molecule has 118 valence electrons. The van der Waals surface area contributed by atoms with Crippen LogP contribution in [0, 0.1) is 0 Å². The summed E-state index contributed by atoms with van der Waals surface area (Å²) in [7, 11) is 0. The minimum absolute atomic E-state index is 0.230. The van der Waals surface area contributed by atoms with E-state index in [4.69, 9.17) is 9.37 Å². The van der Waals surface area contributed by atoms with Gasteiger partial charge in [0.1, 0.15) is 22.4 Å². The Morgan fingerprint density at radius 1 is 1.22 bits per heavy atom. The molecule has 1 aromatic carbocycles. The van der Waals surface area contributed by atoms with E-state index < -0.39 is 5.60 Å². The topological polar surface area (TPSA) is 97.9 Å². The highest BCUT2D eigenvalue weighted by Gasteiger charge is 2.31. The zero-order valence-electron chi connectivity index (χ0n) is 12.4. The van der Waals surface area contributed by atoms with E-state index in [1.807, 2.05) is 19.9 Å². The van der Waals surface area contributed by atoms with E-state index >= 15 is 0 Å². The number of benzene rings is 1. The fourth-order valence-electron chi connectivity index (χ4n) is 2.62. The molecule has 0 atom stereocenters. The van der Waals surface area contributed by atoms with Crippen molar-refractivity contribution < 1.29 is 19.7 Å². The molecule has 8 nitrogen and oxygen atoms in total. The van der Waals surface area contributed by atoms with Gasteiger partial charge in [-0.2, -0.15) is 5.17 Å². The van der Waals surface area contributed by atoms with Gasteiger partial charge in [0.15, 0.2) is 0 Å². The summed E-state index contributed by atoms with van der Waals surface area (Å²) in [5, 5.41) is 31.6. The monoisotopic (exact) mass is 313 g/mol. The summed E-state index contributed by atoms with van der Waals surface area (Å²) < 4.78 is 10.7. The molecule has 0 fully saturated rings. The molecule has 0 saturated carbocycles. The summed E-state index contributed by atoms with van der Waals surface area (Å²) in [4.78, 5) is 0. The van der Waals surface area contributed by atoms with Gasteiger partial charge in [-0.15, -0.1) is 0 Å². The number of fused-ring (bicyclic) bond motifs is 2. The van der Waals surface area contributed by atoms with Gasteiger partial charge in [0.2, 0.25) is 0 Å². The number of hydroxylamine groups is 1. The first-order valence-corrected chi connectivity index (χ1v) is 6.96. The third kappa shape index (κ3) is 2.20. The summed E-state index contributed by atoms with van der Waals surface area (Å²) in [5.41, 5.74) is 1.76. The van der Waals surface area contributed by atoms with Gasteiger partial charge in [-0.3, -0.25) is 5.21 Å². The predicted molar refractivity (Wildman–Crippen MR) is 77.2 cm³/mol. The molecule has 0 amide bonds. The molecule has 0 radical (unpaired) electrons. The first kappa shape index (κ1) is 13.6. The van der Waals surface area contributed by atoms with E-state index in [2.05, 4.69) is 10.3 Å². The lowest BCUT2D eigenvalue weighted by molar-refractivity contribution is -0.301. The van der Waals surface area contributed by atoms with Crippen molar-refractivity contribution in [3.63, 3.8) is 0 Å². The van der Waals surface area contributed by atoms with Crippen molar-refractivity contribution in [2.24, 2.45) is 0 Å². The second-order valence-corrected chi connectivity index (χ2v) is 5.85. The van der Waals surface area contributed by atoms with Gasteiger partial charge in [-0.1, -0.05) is 5.76 Å². The van der Waals surface area contributed by atoms with Gasteiger partial charge in [-0.05, 0) is 42.4 Å². The quantitative estimate of drug-likeness (QED) is 0.843. The van der Waals surface area contributed by atoms with Crippen molar-refractivity contribution in [1.82, 2.24) is 20.5 Å². The number of allylic oxidation sites excluding steroid dienone is 1. The summed E-state index contributed by atoms with van der Waals surface area (Å²) in [5.74, 6) is 0.339. The van der Waals surface area contributed by atoms with Crippen molar-refractivity contribution in [2.75, 3.05) is 0 Å². The van der Waals surface area contributed by atoms with E-state index in [-0.39, 0.29) is 5.76 Å². The highest BCUT2D eigenvalue weighted by atomic mass is 16.6.